The molecular weight excluding hydrogens is 482 g/mol. The van der Waals surface area contributed by atoms with Crippen molar-refractivity contribution in [1.82, 2.24) is 5.32 Å². The highest BCUT2D eigenvalue weighted by atomic mass is 32.2. The summed E-state index contributed by atoms with van der Waals surface area (Å²) in [5, 5.41) is 2.43. The molecule has 1 fully saturated rings. The zero-order valence-electron chi connectivity index (χ0n) is 20.9. The first-order valence-corrected chi connectivity index (χ1v) is 12.9. The molecule has 0 radical (unpaired) electrons. The van der Waals surface area contributed by atoms with Crippen LogP contribution in [0.25, 0.3) is 0 Å². The summed E-state index contributed by atoms with van der Waals surface area (Å²) in [6.07, 6.45) is -1.50. The van der Waals surface area contributed by atoms with Crippen LogP contribution in [0.1, 0.15) is 55.6 Å². The third-order valence-electron chi connectivity index (χ3n) is 6.05. The van der Waals surface area contributed by atoms with Gasteiger partial charge in [-0.05, 0) is 34.7 Å². The van der Waals surface area contributed by atoms with Gasteiger partial charge >= 0.3 is 5.97 Å². The van der Waals surface area contributed by atoms with Crippen molar-refractivity contribution in [2.24, 2.45) is 0 Å². The molecule has 0 saturated carbocycles. The average Bonchev–Trinajstić information content (AvgIpc) is 3.31. The lowest BCUT2D eigenvalue weighted by Gasteiger charge is -2.35. The summed E-state index contributed by atoms with van der Waals surface area (Å²) < 4.78 is 21.8. The molecule has 3 atom stereocenters. The van der Waals surface area contributed by atoms with Crippen molar-refractivity contribution < 1.29 is 33.3 Å². The van der Waals surface area contributed by atoms with Gasteiger partial charge in [0.25, 0.3) is 5.91 Å². The van der Waals surface area contributed by atoms with Crippen molar-refractivity contribution in [3.05, 3.63) is 59.2 Å². The van der Waals surface area contributed by atoms with Crippen LogP contribution in [0, 0.1) is 0 Å². The van der Waals surface area contributed by atoms with E-state index < -0.39 is 24.2 Å². The summed E-state index contributed by atoms with van der Waals surface area (Å²) in [4.78, 5) is 37.1. The van der Waals surface area contributed by atoms with E-state index in [-0.39, 0.29) is 36.3 Å². The Hall–Kier alpha value is -3.04. The SMILES string of the molecule is CC(=O)OC[C@H]1O[C@@H](NC(=O)c2ccc3c(c2)OCO3)C(=O)CC1SCc1ccc(C(C)(C)C)cc1. The fourth-order valence-electron chi connectivity index (χ4n) is 3.95. The molecule has 0 aliphatic carbocycles. The molecule has 2 aliphatic rings. The molecule has 1 N–H and O–H groups in total. The molecule has 192 valence electrons. The van der Waals surface area contributed by atoms with Crippen molar-refractivity contribution in [2.45, 2.75) is 62.9 Å². The molecule has 36 heavy (non-hydrogen) atoms. The second kappa shape index (κ2) is 10.9. The van der Waals surface area contributed by atoms with Gasteiger partial charge in [0.15, 0.2) is 23.5 Å². The monoisotopic (exact) mass is 513 g/mol. The number of Topliss-reactive ketones (excluding diaryl/α,β-unsaturated/α-hetero) is 1. The highest BCUT2D eigenvalue weighted by Gasteiger charge is 2.39. The Balaban J connectivity index is 1.40. The van der Waals surface area contributed by atoms with Gasteiger partial charge < -0.3 is 24.3 Å². The summed E-state index contributed by atoms with van der Waals surface area (Å²) in [6.45, 7) is 7.93. The first-order valence-electron chi connectivity index (χ1n) is 11.8. The van der Waals surface area contributed by atoms with Crippen molar-refractivity contribution >= 4 is 29.4 Å². The zero-order chi connectivity index (χ0) is 25.9. The van der Waals surface area contributed by atoms with Gasteiger partial charge in [-0.2, -0.15) is 11.8 Å². The summed E-state index contributed by atoms with van der Waals surface area (Å²) in [5.41, 5.74) is 2.78. The second-order valence-electron chi connectivity index (χ2n) is 9.87. The number of ether oxygens (including phenoxy) is 4. The first-order chi connectivity index (χ1) is 17.1. The van der Waals surface area contributed by atoms with Gasteiger partial charge in [-0.1, -0.05) is 45.0 Å². The van der Waals surface area contributed by atoms with E-state index in [0.717, 1.165) is 5.56 Å². The number of esters is 1. The molecule has 2 aromatic carbocycles. The number of amides is 1. The predicted molar refractivity (Wildman–Crippen MR) is 135 cm³/mol. The number of carbonyl (C=O) groups excluding carboxylic acids is 3. The van der Waals surface area contributed by atoms with Crippen LogP contribution >= 0.6 is 11.8 Å². The minimum absolute atomic E-state index is 0.000361. The van der Waals surface area contributed by atoms with Crippen molar-refractivity contribution in [2.75, 3.05) is 13.4 Å². The van der Waals surface area contributed by atoms with Crippen LogP contribution in [0.4, 0.5) is 0 Å². The van der Waals surface area contributed by atoms with Crippen LogP contribution in [0.15, 0.2) is 42.5 Å². The topological polar surface area (TPSA) is 100 Å². The molecule has 2 aromatic rings. The molecule has 9 heteroatoms. The van der Waals surface area contributed by atoms with E-state index in [4.69, 9.17) is 18.9 Å². The van der Waals surface area contributed by atoms with Gasteiger partial charge in [0.05, 0.1) is 0 Å². The summed E-state index contributed by atoms with van der Waals surface area (Å²) >= 11 is 1.58. The predicted octanol–water partition coefficient (Wildman–Crippen LogP) is 3.99. The Morgan fingerprint density at radius 1 is 1.08 bits per heavy atom. The smallest absolute Gasteiger partial charge is 0.302 e. The maximum absolute atomic E-state index is 12.9. The normalized spacial score (nSPS) is 21.2. The minimum atomic E-state index is -1.13. The number of benzene rings is 2. The van der Waals surface area contributed by atoms with Crippen molar-refractivity contribution in [1.29, 1.82) is 0 Å². The summed E-state index contributed by atoms with van der Waals surface area (Å²) in [6, 6.07) is 13.2. The number of rotatable bonds is 7. The highest BCUT2D eigenvalue weighted by molar-refractivity contribution is 7.99. The molecule has 0 bridgehead atoms. The van der Waals surface area contributed by atoms with Crippen molar-refractivity contribution in [3.63, 3.8) is 0 Å². The number of carbonyl (C=O) groups is 3. The lowest BCUT2D eigenvalue weighted by Crippen LogP contribution is -2.53. The fraction of sp³-hybridized carbons (Fsp3) is 0.444. The van der Waals surface area contributed by atoms with E-state index in [1.807, 2.05) is 0 Å². The Labute approximate surface area is 215 Å². The Bertz CT molecular complexity index is 1130. The quantitative estimate of drug-likeness (QED) is 0.555. The number of hydrogen-bond donors (Lipinski definition) is 1. The largest absolute Gasteiger partial charge is 0.463 e. The Morgan fingerprint density at radius 2 is 1.81 bits per heavy atom. The molecule has 1 amide bonds. The molecule has 4 rings (SSSR count). The summed E-state index contributed by atoms with van der Waals surface area (Å²) in [5.74, 6) is 0.574. The van der Waals surface area contributed by atoms with Gasteiger partial charge in [0, 0.05) is 29.9 Å². The third-order valence-corrected chi connectivity index (χ3v) is 7.45. The standard InChI is InChI=1S/C27H31NO7S/c1-16(29)32-13-23-24(36-14-17-5-8-19(9-6-17)27(2,3)4)12-20(30)26(35-23)28-25(31)18-7-10-21-22(11-18)34-15-33-21/h5-11,23-24,26H,12-15H2,1-4H3,(H,28,31)/t23-,24?,26-/m1/s1. The fourth-order valence-corrected chi connectivity index (χ4v) is 5.18. The number of ketones is 1. The number of fused-ring (bicyclic) bond motifs is 1. The maximum atomic E-state index is 12.9. The van der Waals surface area contributed by atoms with Gasteiger partial charge in [0.2, 0.25) is 6.79 Å². The maximum Gasteiger partial charge on any atom is 0.302 e. The van der Waals surface area contributed by atoms with Gasteiger partial charge in [-0.15, -0.1) is 0 Å². The molecular formula is C27H31NO7S. The molecule has 2 aliphatic heterocycles. The van der Waals surface area contributed by atoms with Crippen LogP contribution < -0.4 is 14.8 Å². The van der Waals surface area contributed by atoms with Gasteiger partial charge in [-0.3, -0.25) is 14.4 Å². The van der Waals surface area contributed by atoms with Gasteiger partial charge in [0.1, 0.15) is 12.7 Å². The van der Waals surface area contributed by atoms with Crippen molar-refractivity contribution in [3.8, 4) is 11.5 Å². The second-order valence-corrected chi connectivity index (χ2v) is 11.1. The van der Waals surface area contributed by atoms with E-state index >= 15 is 0 Å². The lowest BCUT2D eigenvalue weighted by atomic mass is 9.87. The molecule has 8 nitrogen and oxygen atoms in total. The van der Waals surface area contributed by atoms with Gasteiger partial charge in [-0.25, -0.2) is 0 Å². The lowest BCUT2D eigenvalue weighted by molar-refractivity contribution is -0.156. The van der Waals surface area contributed by atoms with Crippen LogP contribution in [0.2, 0.25) is 0 Å². The van der Waals surface area contributed by atoms with Crippen LogP contribution in [0.5, 0.6) is 11.5 Å². The third kappa shape index (κ3) is 6.39. The zero-order valence-corrected chi connectivity index (χ0v) is 21.7. The highest BCUT2D eigenvalue weighted by Crippen LogP contribution is 2.33. The average molecular weight is 514 g/mol. The van der Waals surface area contributed by atoms with Crippen LogP contribution in [0.3, 0.4) is 0 Å². The minimum Gasteiger partial charge on any atom is -0.463 e. The first kappa shape index (κ1) is 26.0. The number of thioether (sulfide) groups is 1. The molecule has 0 spiro atoms. The van der Waals surface area contributed by atoms with E-state index in [1.165, 1.54) is 12.5 Å². The van der Waals surface area contributed by atoms with Crippen LogP contribution in [-0.2, 0) is 30.2 Å². The Kier molecular flexibility index (Phi) is 7.90. The molecule has 1 saturated heterocycles. The Morgan fingerprint density at radius 3 is 2.50 bits per heavy atom. The summed E-state index contributed by atoms with van der Waals surface area (Å²) in [7, 11) is 0. The van der Waals surface area contributed by atoms with E-state index in [9.17, 15) is 14.4 Å². The molecule has 2 heterocycles. The van der Waals surface area contributed by atoms with E-state index in [2.05, 4.69) is 50.4 Å². The van der Waals surface area contributed by atoms with Crippen LogP contribution in [-0.4, -0.2) is 48.6 Å². The molecule has 1 unspecified atom stereocenters. The van der Waals surface area contributed by atoms with E-state index in [0.29, 0.717) is 22.8 Å². The number of nitrogens with one attached hydrogen (secondary N) is 1. The molecule has 0 aromatic heterocycles. The number of hydrogen-bond acceptors (Lipinski definition) is 8. The van der Waals surface area contributed by atoms with E-state index in [1.54, 1.807) is 30.0 Å².